The maximum absolute atomic E-state index is 13.1. The van der Waals surface area contributed by atoms with Crippen molar-refractivity contribution in [2.24, 2.45) is 5.92 Å². The summed E-state index contributed by atoms with van der Waals surface area (Å²) in [7, 11) is -3.69. The van der Waals surface area contributed by atoms with Gasteiger partial charge in [0, 0.05) is 19.6 Å². The van der Waals surface area contributed by atoms with Gasteiger partial charge in [-0.1, -0.05) is 29.8 Å². The van der Waals surface area contributed by atoms with E-state index in [-0.39, 0.29) is 23.3 Å². The highest BCUT2D eigenvalue weighted by atomic mass is 32.2. The van der Waals surface area contributed by atoms with Crippen molar-refractivity contribution in [3.05, 3.63) is 66.0 Å². The summed E-state index contributed by atoms with van der Waals surface area (Å²) in [6.45, 7) is 3.17. The van der Waals surface area contributed by atoms with Crippen molar-refractivity contribution in [2.75, 3.05) is 19.6 Å². The number of piperidine rings is 1. The van der Waals surface area contributed by atoms with Crippen molar-refractivity contribution in [1.29, 1.82) is 0 Å². The van der Waals surface area contributed by atoms with E-state index in [1.807, 2.05) is 25.1 Å². The van der Waals surface area contributed by atoms with Gasteiger partial charge in [0.25, 0.3) is 0 Å². The lowest BCUT2D eigenvalue weighted by atomic mass is 9.98. The van der Waals surface area contributed by atoms with Crippen molar-refractivity contribution in [2.45, 2.75) is 31.1 Å². The summed E-state index contributed by atoms with van der Waals surface area (Å²) >= 11 is 0. The highest BCUT2D eigenvalue weighted by molar-refractivity contribution is 7.89. The molecule has 1 saturated heterocycles. The Kier molecular flexibility index (Phi) is 6.61. The van der Waals surface area contributed by atoms with Gasteiger partial charge < -0.3 is 5.32 Å². The van der Waals surface area contributed by atoms with E-state index >= 15 is 0 Å². The fraction of sp³-hybridized carbons (Fsp3) is 0.364. The average molecular weight is 455 g/mol. The van der Waals surface area contributed by atoms with Crippen LogP contribution in [0.15, 0.2) is 59.8 Å². The van der Waals surface area contributed by atoms with Gasteiger partial charge in [0.15, 0.2) is 0 Å². The van der Waals surface area contributed by atoms with Crippen molar-refractivity contribution in [3.63, 3.8) is 0 Å². The molecule has 168 valence electrons. The van der Waals surface area contributed by atoms with Gasteiger partial charge in [-0.15, -0.1) is 5.10 Å². The van der Waals surface area contributed by atoms with E-state index in [9.17, 15) is 13.2 Å². The van der Waals surface area contributed by atoms with Crippen molar-refractivity contribution < 1.29 is 13.2 Å². The van der Waals surface area contributed by atoms with Crippen LogP contribution in [0.5, 0.6) is 0 Å². The first-order valence-electron chi connectivity index (χ1n) is 10.6. The lowest BCUT2D eigenvalue weighted by molar-refractivity contribution is -0.126. The number of tetrazole rings is 1. The molecule has 1 aliphatic rings. The summed E-state index contributed by atoms with van der Waals surface area (Å²) in [6, 6.07) is 14.6. The Morgan fingerprint density at radius 1 is 1.19 bits per heavy atom. The number of nitrogens with one attached hydrogen (secondary N) is 1. The molecule has 1 fully saturated rings. The van der Waals surface area contributed by atoms with Crippen molar-refractivity contribution in [1.82, 2.24) is 29.8 Å². The average Bonchev–Trinajstić information content (AvgIpc) is 3.34. The predicted molar refractivity (Wildman–Crippen MR) is 119 cm³/mol. The van der Waals surface area contributed by atoms with E-state index in [1.54, 1.807) is 12.1 Å². The number of nitrogens with zero attached hydrogens (tertiary/aromatic N) is 5. The second-order valence-corrected chi connectivity index (χ2v) is 9.92. The Balaban J connectivity index is 1.36. The summed E-state index contributed by atoms with van der Waals surface area (Å²) < 4.78 is 29.1. The summed E-state index contributed by atoms with van der Waals surface area (Å²) in [6.07, 6.45) is 3.52. The highest BCUT2D eigenvalue weighted by Crippen LogP contribution is 2.24. The fourth-order valence-electron chi connectivity index (χ4n) is 3.92. The van der Waals surface area contributed by atoms with Crippen LogP contribution < -0.4 is 5.32 Å². The molecule has 0 bridgehead atoms. The minimum absolute atomic E-state index is 0.0911. The molecular weight excluding hydrogens is 428 g/mol. The van der Waals surface area contributed by atoms with Crippen molar-refractivity contribution >= 4 is 15.9 Å². The van der Waals surface area contributed by atoms with Gasteiger partial charge in [0.1, 0.15) is 6.33 Å². The van der Waals surface area contributed by atoms with Crippen LogP contribution in [-0.2, 0) is 21.2 Å². The topological polar surface area (TPSA) is 110 Å². The Labute approximate surface area is 187 Å². The smallest absolute Gasteiger partial charge is 0.243 e. The number of aromatic nitrogens is 4. The van der Waals surface area contributed by atoms with E-state index in [0.717, 1.165) is 6.42 Å². The number of carbonyl (C=O) groups is 1. The zero-order chi connectivity index (χ0) is 22.6. The standard InChI is InChI=1S/C22H26N6O3S/c1-17-4-2-5-18(14-17)11-12-23-22(29)19-6-3-13-27(15-19)32(30,31)21-9-7-20(8-10-21)28-16-24-25-26-28/h2,4-5,7-10,14,16,19H,3,6,11-13,15H2,1H3,(H,23,29)/t19-/m1/s1. The van der Waals surface area contributed by atoms with E-state index in [4.69, 9.17) is 0 Å². The van der Waals surface area contributed by atoms with Gasteiger partial charge in [-0.25, -0.2) is 13.1 Å². The first-order valence-corrected chi connectivity index (χ1v) is 12.0. The summed E-state index contributed by atoms with van der Waals surface area (Å²) in [4.78, 5) is 12.9. The maximum atomic E-state index is 13.1. The fourth-order valence-corrected chi connectivity index (χ4v) is 5.44. The molecule has 1 aliphatic heterocycles. The third kappa shape index (κ3) is 5.03. The first kappa shape index (κ1) is 22.1. The Morgan fingerprint density at radius 2 is 2.00 bits per heavy atom. The van der Waals surface area contributed by atoms with Crippen LogP contribution in [0.4, 0.5) is 0 Å². The summed E-state index contributed by atoms with van der Waals surface area (Å²) in [5.74, 6) is -0.442. The lowest BCUT2D eigenvalue weighted by Gasteiger charge is -2.31. The molecule has 1 N–H and O–H groups in total. The van der Waals surface area contributed by atoms with Gasteiger partial charge in [-0.2, -0.15) is 4.31 Å². The number of sulfonamides is 1. The second-order valence-electron chi connectivity index (χ2n) is 7.98. The third-order valence-corrected chi connectivity index (χ3v) is 7.52. The predicted octanol–water partition coefficient (Wildman–Crippen LogP) is 1.73. The zero-order valence-corrected chi connectivity index (χ0v) is 18.7. The normalized spacial score (nSPS) is 17.2. The molecule has 1 amide bonds. The number of amides is 1. The summed E-state index contributed by atoms with van der Waals surface area (Å²) in [5, 5.41) is 13.9. The van der Waals surface area contributed by atoms with Gasteiger partial charge in [0.2, 0.25) is 15.9 Å². The van der Waals surface area contributed by atoms with E-state index in [1.165, 1.54) is 38.6 Å². The molecule has 3 aromatic rings. The number of benzene rings is 2. The van der Waals surface area contributed by atoms with Crippen LogP contribution in [0.3, 0.4) is 0 Å². The second kappa shape index (κ2) is 9.58. The molecule has 0 saturated carbocycles. The van der Waals surface area contributed by atoms with Gasteiger partial charge in [-0.3, -0.25) is 4.79 Å². The maximum Gasteiger partial charge on any atom is 0.243 e. The molecule has 1 aromatic heterocycles. The largest absolute Gasteiger partial charge is 0.355 e. The van der Waals surface area contributed by atoms with Gasteiger partial charge in [-0.05, 0) is 66.4 Å². The molecule has 9 nitrogen and oxygen atoms in total. The third-order valence-electron chi connectivity index (χ3n) is 5.64. The quantitative estimate of drug-likeness (QED) is 0.582. The minimum atomic E-state index is -3.69. The number of aryl methyl sites for hydroxylation is 1. The molecule has 0 aliphatic carbocycles. The lowest BCUT2D eigenvalue weighted by Crippen LogP contribution is -2.45. The zero-order valence-electron chi connectivity index (χ0n) is 17.9. The number of hydrogen-bond acceptors (Lipinski definition) is 6. The minimum Gasteiger partial charge on any atom is -0.355 e. The Bertz CT molecular complexity index is 1160. The molecule has 1 atom stereocenters. The number of carbonyl (C=O) groups excluding carboxylic acids is 1. The molecule has 0 spiro atoms. The molecule has 2 heterocycles. The van der Waals surface area contributed by atoms with Crippen LogP contribution in [0.1, 0.15) is 24.0 Å². The van der Waals surface area contributed by atoms with E-state index in [2.05, 4.69) is 26.9 Å². The Morgan fingerprint density at radius 3 is 2.72 bits per heavy atom. The molecule has 0 radical (unpaired) electrons. The van der Waals surface area contributed by atoms with Crippen LogP contribution in [0.25, 0.3) is 5.69 Å². The SMILES string of the molecule is Cc1cccc(CCNC(=O)[C@@H]2CCCN(S(=O)(=O)c3ccc(-n4cnnn4)cc3)C2)c1. The van der Waals surface area contributed by atoms with Gasteiger partial charge >= 0.3 is 0 Å². The van der Waals surface area contributed by atoms with E-state index < -0.39 is 10.0 Å². The Hall–Kier alpha value is -3.11. The summed E-state index contributed by atoms with van der Waals surface area (Å²) in [5.41, 5.74) is 3.02. The molecule has 4 rings (SSSR count). The number of hydrogen-bond donors (Lipinski definition) is 1. The molecular formula is C22H26N6O3S. The van der Waals surface area contributed by atoms with Gasteiger partial charge in [0.05, 0.1) is 16.5 Å². The molecule has 2 aromatic carbocycles. The van der Waals surface area contributed by atoms with Crippen LogP contribution in [0, 0.1) is 12.8 Å². The number of rotatable bonds is 7. The first-order chi connectivity index (χ1) is 15.4. The van der Waals surface area contributed by atoms with Crippen LogP contribution >= 0.6 is 0 Å². The highest BCUT2D eigenvalue weighted by Gasteiger charge is 2.33. The van der Waals surface area contributed by atoms with Crippen molar-refractivity contribution in [3.8, 4) is 5.69 Å². The monoisotopic (exact) mass is 454 g/mol. The molecule has 10 heteroatoms. The molecule has 0 unspecified atom stereocenters. The van der Waals surface area contributed by atoms with Crippen LogP contribution in [0.2, 0.25) is 0 Å². The van der Waals surface area contributed by atoms with Crippen LogP contribution in [-0.4, -0.2) is 58.5 Å². The molecule has 32 heavy (non-hydrogen) atoms. The van der Waals surface area contributed by atoms with E-state index in [0.29, 0.717) is 31.6 Å².